The molecule has 6 nitrogen and oxygen atoms in total. The van der Waals surface area contributed by atoms with Crippen molar-refractivity contribution in [2.24, 2.45) is 0 Å². The SMILES string of the molecule is O=C(CCc1ccc(S(=O)(=O)N2CCCCC2)cc1)N1CCCC(c2nccs2)C1. The van der Waals surface area contributed by atoms with Crippen LogP contribution in [0.2, 0.25) is 0 Å². The molecule has 0 bridgehead atoms. The number of hydrogen-bond donors (Lipinski definition) is 0. The van der Waals surface area contributed by atoms with Crippen LogP contribution in [-0.4, -0.2) is 54.7 Å². The van der Waals surface area contributed by atoms with Crippen molar-refractivity contribution in [2.45, 2.75) is 55.8 Å². The highest BCUT2D eigenvalue weighted by Crippen LogP contribution is 2.28. The quantitative estimate of drug-likeness (QED) is 0.678. The van der Waals surface area contributed by atoms with E-state index in [1.54, 1.807) is 27.8 Å². The van der Waals surface area contributed by atoms with Gasteiger partial charge in [0.05, 0.1) is 9.90 Å². The van der Waals surface area contributed by atoms with Gasteiger partial charge in [-0.15, -0.1) is 11.3 Å². The van der Waals surface area contributed by atoms with Crippen LogP contribution in [0.1, 0.15) is 55.0 Å². The molecule has 30 heavy (non-hydrogen) atoms. The van der Waals surface area contributed by atoms with E-state index < -0.39 is 10.0 Å². The van der Waals surface area contributed by atoms with Gasteiger partial charge in [0, 0.05) is 50.1 Å². The highest BCUT2D eigenvalue weighted by atomic mass is 32.2. The summed E-state index contributed by atoms with van der Waals surface area (Å²) in [4.78, 5) is 19.5. The molecule has 0 aliphatic carbocycles. The van der Waals surface area contributed by atoms with Crippen molar-refractivity contribution in [1.29, 1.82) is 0 Å². The van der Waals surface area contributed by atoms with Gasteiger partial charge in [-0.3, -0.25) is 4.79 Å². The fourth-order valence-corrected chi connectivity index (χ4v) is 6.62. The van der Waals surface area contributed by atoms with E-state index in [9.17, 15) is 13.2 Å². The van der Waals surface area contributed by atoms with Crippen LogP contribution >= 0.6 is 11.3 Å². The van der Waals surface area contributed by atoms with Crippen LogP contribution in [-0.2, 0) is 21.2 Å². The van der Waals surface area contributed by atoms with Crippen LogP contribution in [0, 0.1) is 0 Å². The lowest BCUT2D eigenvalue weighted by atomic mass is 9.98. The first-order valence-corrected chi connectivity index (χ1v) is 13.1. The number of carbonyl (C=O) groups is 1. The molecular weight excluding hydrogens is 418 g/mol. The van der Waals surface area contributed by atoms with E-state index in [0.29, 0.717) is 36.7 Å². The van der Waals surface area contributed by atoms with Crippen molar-refractivity contribution < 1.29 is 13.2 Å². The van der Waals surface area contributed by atoms with Gasteiger partial charge in [-0.05, 0) is 49.8 Å². The zero-order valence-corrected chi connectivity index (χ0v) is 18.8. The molecule has 2 aliphatic rings. The first-order chi connectivity index (χ1) is 14.5. The Morgan fingerprint density at radius 3 is 2.53 bits per heavy atom. The number of likely N-dealkylation sites (tertiary alicyclic amines) is 1. The number of benzene rings is 1. The average molecular weight is 448 g/mol. The Kier molecular flexibility index (Phi) is 6.85. The summed E-state index contributed by atoms with van der Waals surface area (Å²) in [5.41, 5.74) is 0.995. The Morgan fingerprint density at radius 2 is 1.83 bits per heavy atom. The van der Waals surface area contributed by atoms with Gasteiger partial charge in [0.15, 0.2) is 0 Å². The fourth-order valence-electron chi connectivity index (χ4n) is 4.33. The third-order valence-electron chi connectivity index (χ3n) is 6.08. The maximum atomic E-state index is 12.8. The molecule has 1 aromatic heterocycles. The number of thiazole rings is 1. The predicted molar refractivity (Wildman–Crippen MR) is 118 cm³/mol. The summed E-state index contributed by atoms with van der Waals surface area (Å²) < 4.78 is 27.1. The Labute approximate surface area is 183 Å². The number of sulfonamides is 1. The number of amides is 1. The van der Waals surface area contributed by atoms with Crippen LogP contribution in [0.15, 0.2) is 40.7 Å². The maximum absolute atomic E-state index is 12.8. The molecule has 0 radical (unpaired) electrons. The molecule has 8 heteroatoms. The van der Waals surface area contributed by atoms with Gasteiger partial charge >= 0.3 is 0 Å². The summed E-state index contributed by atoms with van der Waals surface area (Å²) in [5.74, 6) is 0.517. The van der Waals surface area contributed by atoms with E-state index in [-0.39, 0.29) is 5.91 Å². The van der Waals surface area contributed by atoms with Crippen LogP contribution in [0.3, 0.4) is 0 Å². The molecule has 1 amide bonds. The summed E-state index contributed by atoms with van der Waals surface area (Å²) in [7, 11) is -3.40. The first-order valence-electron chi connectivity index (χ1n) is 10.8. The van der Waals surface area contributed by atoms with Gasteiger partial charge in [0.25, 0.3) is 0 Å². The number of nitrogens with zero attached hydrogens (tertiary/aromatic N) is 3. The number of hydrogen-bond acceptors (Lipinski definition) is 5. The second kappa shape index (κ2) is 9.58. The fraction of sp³-hybridized carbons (Fsp3) is 0.545. The highest BCUT2D eigenvalue weighted by Gasteiger charge is 2.27. The molecule has 0 saturated carbocycles. The number of carbonyl (C=O) groups excluding carboxylic acids is 1. The van der Waals surface area contributed by atoms with E-state index in [1.807, 2.05) is 28.6 Å². The van der Waals surface area contributed by atoms with Crippen molar-refractivity contribution >= 4 is 27.3 Å². The molecular formula is C22H29N3O3S2. The molecule has 2 saturated heterocycles. The summed E-state index contributed by atoms with van der Waals surface area (Å²) in [5, 5.41) is 3.11. The van der Waals surface area contributed by atoms with Gasteiger partial charge in [0.1, 0.15) is 0 Å². The van der Waals surface area contributed by atoms with Crippen LogP contribution in [0.4, 0.5) is 0 Å². The van der Waals surface area contributed by atoms with Crippen molar-refractivity contribution in [2.75, 3.05) is 26.2 Å². The van der Waals surface area contributed by atoms with E-state index in [4.69, 9.17) is 0 Å². The van der Waals surface area contributed by atoms with E-state index >= 15 is 0 Å². The molecule has 2 aliphatic heterocycles. The van der Waals surface area contributed by atoms with Crippen LogP contribution in [0.25, 0.3) is 0 Å². The smallest absolute Gasteiger partial charge is 0.243 e. The number of aryl methyl sites for hydroxylation is 1. The second-order valence-electron chi connectivity index (χ2n) is 8.16. The molecule has 0 N–H and O–H groups in total. The topological polar surface area (TPSA) is 70.6 Å². The molecule has 2 fully saturated rings. The summed E-state index contributed by atoms with van der Waals surface area (Å²) >= 11 is 1.67. The van der Waals surface area contributed by atoms with Crippen LogP contribution < -0.4 is 0 Å². The second-order valence-corrected chi connectivity index (χ2v) is 11.0. The van der Waals surface area contributed by atoms with E-state index in [2.05, 4.69) is 4.98 Å². The van der Waals surface area contributed by atoms with Crippen molar-refractivity contribution in [3.8, 4) is 0 Å². The predicted octanol–water partition coefficient (Wildman–Crippen LogP) is 3.66. The first kappa shape index (κ1) is 21.5. The van der Waals surface area contributed by atoms with Gasteiger partial charge in [-0.25, -0.2) is 13.4 Å². The number of piperidine rings is 2. The molecule has 1 unspecified atom stereocenters. The standard InChI is InChI=1S/C22H29N3O3S2/c26-21(24-13-4-5-19(17-24)22-23-12-16-29-22)11-8-18-6-9-20(10-7-18)30(27,28)25-14-2-1-3-15-25/h6-7,9-10,12,16,19H,1-5,8,11,13-15,17H2. The normalized spacial score (nSPS) is 20.9. The van der Waals surface area contributed by atoms with E-state index in [1.165, 1.54) is 0 Å². The summed E-state index contributed by atoms with van der Waals surface area (Å²) in [6.07, 6.45) is 7.96. The van der Waals surface area contributed by atoms with Gasteiger partial charge in [-0.2, -0.15) is 4.31 Å². The average Bonchev–Trinajstić information content (AvgIpc) is 3.33. The molecule has 1 aromatic carbocycles. The third-order valence-corrected chi connectivity index (χ3v) is 8.93. The van der Waals surface area contributed by atoms with Crippen molar-refractivity contribution in [3.63, 3.8) is 0 Å². The molecule has 162 valence electrons. The Bertz CT molecular complexity index is 937. The van der Waals surface area contributed by atoms with Gasteiger partial charge in [0.2, 0.25) is 15.9 Å². The summed E-state index contributed by atoms with van der Waals surface area (Å²) in [6, 6.07) is 7.06. The third kappa shape index (κ3) is 4.92. The Balaban J connectivity index is 1.32. The van der Waals surface area contributed by atoms with Crippen LogP contribution in [0.5, 0.6) is 0 Å². The zero-order valence-electron chi connectivity index (χ0n) is 17.2. The zero-order chi connectivity index (χ0) is 21.0. The minimum absolute atomic E-state index is 0.168. The van der Waals surface area contributed by atoms with Crippen molar-refractivity contribution in [3.05, 3.63) is 46.4 Å². The Morgan fingerprint density at radius 1 is 1.07 bits per heavy atom. The molecule has 4 rings (SSSR count). The lowest BCUT2D eigenvalue weighted by Crippen LogP contribution is -2.39. The highest BCUT2D eigenvalue weighted by molar-refractivity contribution is 7.89. The maximum Gasteiger partial charge on any atom is 0.243 e. The molecule has 1 atom stereocenters. The largest absolute Gasteiger partial charge is 0.342 e. The number of aromatic nitrogens is 1. The summed E-state index contributed by atoms with van der Waals surface area (Å²) in [6.45, 7) is 2.78. The van der Waals surface area contributed by atoms with E-state index in [0.717, 1.165) is 55.8 Å². The minimum Gasteiger partial charge on any atom is -0.342 e. The molecule has 3 heterocycles. The minimum atomic E-state index is -3.40. The van der Waals surface area contributed by atoms with Crippen molar-refractivity contribution in [1.82, 2.24) is 14.2 Å². The lowest BCUT2D eigenvalue weighted by Gasteiger charge is -2.32. The van der Waals surface area contributed by atoms with Gasteiger partial charge in [-0.1, -0.05) is 18.6 Å². The molecule has 0 spiro atoms. The molecule has 2 aromatic rings. The Hall–Kier alpha value is -1.77. The lowest BCUT2D eigenvalue weighted by molar-refractivity contribution is -0.132. The number of rotatable bonds is 6. The monoisotopic (exact) mass is 447 g/mol. The van der Waals surface area contributed by atoms with Gasteiger partial charge < -0.3 is 4.90 Å².